The second-order valence-corrected chi connectivity index (χ2v) is 5.04. The summed E-state index contributed by atoms with van der Waals surface area (Å²) in [6, 6.07) is 8.87. The van der Waals surface area contributed by atoms with Crippen LogP contribution in [0.3, 0.4) is 0 Å². The first-order valence-corrected chi connectivity index (χ1v) is 6.68. The third kappa shape index (κ3) is 4.04. The van der Waals surface area contributed by atoms with E-state index in [0.29, 0.717) is 5.92 Å². The fourth-order valence-electron chi connectivity index (χ4n) is 2.03. The molecule has 2 nitrogen and oxygen atoms in total. The Labute approximate surface area is 106 Å². The first-order valence-electron chi connectivity index (χ1n) is 6.68. The molecule has 0 heterocycles. The normalized spacial score (nSPS) is 12.8. The second kappa shape index (κ2) is 6.65. The van der Waals surface area contributed by atoms with Crippen molar-refractivity contribution >= 4 is 5.69 Å². The van der Waals surface area contributed by atoms with Crippen LogP contribution in [0.25, 0.3) is 0 Å². The molecule has 2 N–H and O–H groups in total. The Morgan fingerprint density at radius 3 is 2.12 bits per heavy atom. The van der Waals surface area contributed by atoms with Crippen LogP contribution in [0.2, 0.25) is 0 Å². The maximum Gasteiger partial charge on any atom is 0.0366 e. The number of rotatable bonds is 6. The van der Waals surface area contributed by atoms with Crippen LogP contribution in [0.4, 0.5) is 5.69 Å². The molecule has 1 rings (SSSR count). The zero-order valence-electron chi connectivity index (χ0n) is 11.6. The smallest absolute Gasteiger partial charge is 0.0366 e. The molecule has 96 valence electrons. The lowest BCUT2D eigenvalue weighted by molar-refractivity contribution is 0.618. The van der Waals surface area contributed by atoms with Gasteiger partial charge in [-0.15, -0.1) is 0 Å². The minimum Gasteiger partial charge on any atom is -0.372 e. The van der Waals surface area contributed by atoms with Gasteiger partial charge in [0.1, 0.15) is 0 Å². The van der Waals surface area contributed by atoms with Gasteiger partial charge < -0.3 is 10.6 Å². The molecule has 1 aromatic rings. The van der Waals surface area contributed by atoms with Crippen molar-refractivity contribution in [3.05, 3.63) is 29.8 Å². The Kier molecular flexibility index (Phi) is 5.49. The second-order valence-electron chi connectivity index (χ2n) is 5.04. The Balaban J connectivity index is 2.77. The van der Waals surface area contributed by atoms with Crippen molar-refractivity contribution in [3.63, 3.8) is 0 Å². The maximum absolute atomic E-state index is 6.02. The number of hydrogen-bond donors (Lipinski definition) is 1. The molecule has 2 heteroatoms. The number of benzene rings is 1. The topological polar surface area (TPSA) is 29.3 Å². The molecule has 0 amide bonds. The standard InChI is InChI=1S/C15H26N2/c1-5-15(16)13-7-9-14(10-8-13)17(6-2)11-12(3)4/h7-10,12,15H,5-6,11,16H2,1-4H3/t15-/m0/s1. The molecule has 0 aliphatic carbocycles. The van der Waals surface area contributed by atoms with Gasteiger partial charge in [-0.25, -0.2) is 0 Å². The highest BCUT2D eigenvalue weighted by Crippen LogP contribution is 2.20. The number of hydrogen-bond acceptors (Lipinski definition) is 2. The lowest BCUT2D eigenvalue weighted by Gasteiger charge is -2.25. The summed E-state index contributed by atoms with van der Waals surface area (Å²) in [5.41, 5.74) is 8.55. The van der Waals surface area contributed by atoms with Gasteiger partial charge in [0.25, 0.3) is 0 Å². The molecule has 0 unspecified atom stereocenters. The summed E-state index contributed by atoms with van der Waals surface area (Å²) in [5.74, 6) is 0.688. The summed E-state index contributed by atoms with van der Waals surface area (Å²) in [4.78, 5) is 2.41. The van der Waals surface area contributed by atoms with Gasteiger partial charge >= 0.3 is 0 Å². The van der Waals surface area contributed by atoms with Gasteiger partial charge in [-0.3, -0.25) is 0 Å². The van der Waals surface area contributed by atoms with Crippen molar-refractivity contribution in [2.45, 2.75) is 40.2 Å². The van der Waals surface area contributed by atoms with Gasteiger partial charge in [0, 0.05) is 24.8 Å². The quantitative estimate of drug-likeness (QED) is 0.815. The molecule has 0 aliphatic heterocycles. The summed E-state index contributed by atoms with van der Waals surface area (Å²) in [6.45, 7) is 11.0. The Bertz CT molecular complexity index is 316. The van der Waals surface area contributed by atoms with Gasteiger partial charge in [-0.1, -0.05) is 32.9 Å². The predicted octanol–water partition coefficient (Wildman–Crippen LogP) is 3.58. The summed E-state index contributed by atoms with van der Waals surface area (Å²) in [6.07, 6.45) is 0.989. The highest BCUT2D eigenvalue weighted by atomic mass is 15.1. The minimum atomic E-state index is 0.171. The number of nitrogens with two attached hydrogens (primary N) is 1. The van der Waals surface area contributed by atoms with Crippen LogP contribution in [-0.4, -0.2) is 13.1 Å². The summed E-state index contributed by atoms with van der Waals surface area (Å²) in [7, 11) is 0. The Morgan fingerprint density at radius 1 is 1.12 bits per heavy atom. The van der Waals surface area contributed by atoms with Crippen molar-refractivity contribution in [1.82, 2.24) is 0 Å². The van der Waals surface area contributed by atoms with E-state index < -0.39 is 0 Å². The molecule has 0 spiro atoms. The van der Waals surface area contributed by atoms with Crippen LogP contribution < -0.4 is 10.6 Å². The average molecular weight is 234 g/mol. The Morgan fingerprint density at radius 2 is 1.71 bits per heavy atom. The summed E-state index contributed by atoms with van der Waals surface area (Å²) < 4.78 is 0. The highest BCUT2D eigenvalue weighted by Gasteiger charge is 2.08. The monoisotopic (exact) mass is 234 g/mol. The Hall–Kier alpha value is -1.02. The van der Waals surface area contributed by atoms with Crippen molar-refractivity contribution in [3.8, 4) is 0 Å². The van der Waals surface area contributed by atoms with Gasteiger partial charge in [0.15, 0.2) is 0 Å². The van der Waals surface area contributed by atoms with E-state index in [0.717, 1.165) is 19.5 Å². The van der Waals surface area contributed by atoms with Crippen molar-refractivity contribution in [2.24, 2.45) is 11.7 Å². The van der Waals surface area contributed by atoms with E-state index in [-0.39, 0.29) is 6.04 Å². The molecule has 0 aliphatic rings. The van der Waals surface area contributed by atoms with Crippen molar-refractivity contribution < 1.29 is 0 Å². The van der Waals surface area contributed by atoms with E-state index in [9.17, 15) is 0 Å². The molecule has 0 fully saturated rings. The van der Waals surface area contributed by atoms with Gasteiger partial charge in [0.2, 0.25) is 0 Å². The van der Waals surface area contributed by atoms with E-state index >= 15 is 0 Å². The molecular weight excluding hydrogens is 208 g/mol. The molecule has 0 saturated carbocycles. The molecule has 1 atom stereocenters. The van der Waals surface area contributed by atoms with Crippen LogP contribution in [0.1, 0.15) is 45.7 Å². The van der Waals surface area contributed by atoms with Crippen LogP contribution in [0.15, 0.2) is 24.3 Å². The highest BCUT2D eigenvalue weighted by molar-refractivity contribution is 5.48. The molecule has 0 radical (unpaired) electrons. The number of nitrogens with zero attached hydrogens (tertiary/aromatic N) is 1. The van der Waals surface area contributed by atoms with Crippen LogP contribution in [0.5, 0.6) is 0 Å². The van der Waals surface area contributed by atoms with Gasteiger partial charge in [-0.05, 0) is 37.0 Å². The van der Waals surface area contributed by atoms with Crippen LogP contribution in [-0.2, 0) is 0 Å². The largest absolute Gasteiger partial charge is 0.372 e. The number of anilines is 1. The SMILES string of the molecule is CC[C@H](N)c1ccc(N(CC)CC(C)C)cc1. The summed E-state index contributed by atoms with van der Waals surface area (Å²) in [5, 5.41) is 0. The lowest BCUT2D eigenvalue weighted by atomic mass is 10.0. The zero-order valence-corrected chi connectivity index (χ0v) is 11.6. The fraction of sp³-hybridized carbons (Fsp3) is 0.600. The lowest BCUT2D eigenvalue weighted by Crippen LogP contribution is -2.27. The minimum absolute atomic E-state index is 0.171. The van der Waals surface area contributed by atoms with Gasteiger partial charge in [0.05, 0.1) is 0 Å². The summed E-state index contributed by atoms with van der Waals surface area (Å²) >= 11 is 0. The third-order valence-electron chi connectivity index (χ3n) is 3.09. The van der Waals surface area contributed by atoms with Crippen molar-refractivity contribution in [1.29, 1.82) is 0 Å². The molecule has 0 bridgehead atoms. The third-order valence-corrected chi connectivity index (χ3v) is 3.09. The van der Waals surface area contributed by atoms with E-state index in [1.165, 1.54) is 11.3 Å². The molecule has 1 aromatic carbocycles. The molecular formula is C15H26N2. The van der Waals surface area contributed by atoms with E-state index in [1.54, 1.807) is 0 Å². The molecule has 0 aromatic heterocycles. The van der Waals surface area contributed by atoms with E-state index in [4.69, 9.17) is 5.73 Å². The fourth-order valence-corrected chi connectivity index (χ4v) is 2.03. The first-order chi connectivity index (χ1) is 8.08. The molecule has 0 saturated heterocycles. The van der Waals surface area contributed by atoms with Crippen LogP contribution in [0, 0.1) is 5.92 Å². The van der Waals surface area contributed by atoms with E-state index in [1.807, 2.05) is 0 Å². The zero-order chi connectivity index (χ0) is 12.8. The average Bonchev–Trinajstić information content (AvgIpc) is 2.35. The van der Waals surface area contributed by atoms with Crippen LogP contribution >= 0.6 is 0 Å². The first kappa shape index (κ1) is 14.0. The predicted molar refractivity (Wildman–Crippen MR) is 76.4 cm³/mol. The van der Waals surface area contributed by atoms with E-state index in [2.05, 4.69) is 56.9 Å². The molecule has 17 heavy (non-hydrogen) atoms. The maximum atomic E-state index is 6.02. The van der Waals surface area contributed by atoms with Gasteiger partial charge in [-0.2, -0.15) is 0 Å². The van der Waals surface area contributed by atoms with Crippen molar-refractivity contribution in [2.75, 3.05) is 18.0 Å².